The zero-order valence-electron chi connectivity index (χ0n) is 9.87. The van der Waals surface area contributed by atoms with Crippen LogP contribution in [-0.4, -0.2) is 29.7 Å². The average molecular weight is 276 g/mol. The SMILES string of the molecule is CC1(C)C=CC(C)(C)O1.O=S(=O)(O)C(F)(F)F. The summed E-state index contributed by atoms with van der Waals surface area (Å²) in [7, 11) is -5.84. The number of halogens is 3. The first-order valence-electron chi connectivity index (χ1n) is 4.61. The van der Waals surface area contributed by atoms with Crippen molar-refractivity contribution in [2.24, 2.45) is 0 Å². The van der Waals surface area contributed by atoms with Crippen molar-refractivity contribution in [1.82, 2.24) is 0 Å². The summed E-state index contributed by atoms with van der Waals surface area (Å²) in [6.07, 6.45) is 4.21. The maximum atomic E-state index is 10.7. The van der Waals surface area contributed by atoms with E-state index >= 15 is 0 Å². The third-order valence-corrected chi connectivity index (χ3v) is 2.29. The van der Waals surface area contributed by atoms with E-state index < -0.39 is 15.6 Å². The molecule has 0 aromatic rings. The first kappa shape index (κ1) is 16.4. The van der Waals surface area contributed by atoms with Gasteiger partial charge in [-0.3, -0.25) is 4.55 Å². The second-order valence-corrected chi connectivity index (χ2v) is 5.98. The summed E-state index contributed by atoms with van der Waals surface area (Å²) >= 11 is 0. The standard InChI is InChI=1S/C8H14O.CHF3O3S/c1-7(2)5-6-8(3,4)9-7;2-1(3,4)8(5,6)7/h5-6H,1-4H3;(H,5,6,7). The molecule has 0 bridgehead atoms. The van der Waals surface area contributed by atoms with Crippen molar-refractivity contribution in [3.05, 3.63) is 12.2 Å². The molecule has 102 valence electrons. The Morgan fingerprint density at radius 2 is 1.29 bits per heavy atom. The van der Waals surface area contributed by atoms with Gasteiger partial charge in [0.2, 0.25) is 0 Å². The largest absolute Gasteiger partial charge is 0.522 e. The van der Waals surface area contributed by atoms with Gasteiger partial charge in [0.15, 0.2) is 0 Å². The van der Waals surface area contributed by atoms with Gasteiger partial charge in [0.1, 0.15) is 0 Å². The smallest absolute Gasteiger partial charge is 0.362 e. The van der Waals surface area contributed by atoms with Gasteiger partial charge in [-0.05, 0) is 27.7 Å². The molecule has 1 heterocycles. The van der Waals surface area contributed by atoms with E-state index in [0.29, 0.717) is 0 Å². The van der Waals surface area contributed by atoms with Gasteiger partial charge in [0, 0.05) is 0 Å². The van der Waals surface area contributed by atoms with Crippen LogP contribution < -0.4 is 0 Å². The first-order chi connectivity index (χ1) is 7.16. The lowest BCUT2D eigenvalue weighted by atomic mass is 10.1. The summed E-state index contributed by atoms with van der Waals surface area (Å²) in [6.45, 7) is 8.27. The minimum absolute atomic E-state index is 0.0521. The minimum atomic E-state index is -5.84. The van der Waals surface area contributed by atoms with Gasteiger partial charge in [0.25, 0.3) is 0 Å². The summed E-state index contributed by atoms with van der Waals surface area (Å²) in [5.74, 6) is 0. The fraction of sp³-hybridized carbons (Fsp3) is 0.778. The first-order valence-corrected chi connectivity index (χ1v) is 6.05. The van der Waals surface area contributed by atoms with Gasteiger partial charge in [-0.2, -0.15) is 21.6 Å². The van der Waals surface area contributed by atoms with E-state index in [4.69, 9.17) is 17.7 Å². The molecular weight excluding hydrogens is 261 g/mol. The van der Waals surface area contributed by atoms with E-state index in [1.165, 1.54) is 0 Å². The fourth-order valence-corrected chi connectivity index (χ4v) is 1.15. The van der Waals surface area contributed by atoms with Crippen molar-refractivity contribution in [2.75, 3.05) is 0 Å². The van der Waals surface area contributed by atoms with E-state index in [9.17, 15) is 13.2 Å². The molecule has 1 aliphatic rings. The Kier molecular flexibility index (Phi) is 4.42. The maximum absolute atomic E-state index is 10.7. The summed E-state index contributed by atoms with van der Waals surface area (Å²) in [5.41, 5.74) is -5.64. The second-order valence-electron chi connectivity index (χ2n) is 4.56. The lowest BCUT2D eigenvalue weighted by Gasteiger charge is -2.24. The molecule has 0 radical (unpaired) electrons. The molecule has 0 aromatic heterocycles. The molecule has 0 saturated heterocycles. The third-order valence-electron chi connectivity index (χ3n) is 1.70. The number of rotatable bonds is 0. The molecule has 0 spiro atoms. The number of alkyl halides is 3. The predicted molar refractivity (Wildman–Crippen MR) is 56.0 cm³/mol. The molecule has 8 heteroatoms. The second kappa shape index (κ2) is 4.58. The number of hydrogen-bond acceptors (Lipinski definition) is 3. The Hall–Kier alpha value is -0.600. The Morgan fingerprint density at radius 3 is 1.35 bits per heavy atom. The fourth-order valence-electron chi connectivity index (χ4n) is 1.15. The van der Waals surface area contributed by atoms with Crippen LogP contribution in [0.15, 0.2) is 12.2 Å². The van der Waals surface area contributed by atoms with Gasteiger partial charge in [-0.1, -0.05) is 12.2 Å². The summed E-state index contributed by atoms with van der Waals surface area (Å²) in [4.78, 5) is 0. The van der Waals surface area contributed by atoms with Crippen molar-refractivity contribution >= 4 is 10.1 Å². The Balaban J connectivity index is 0.000000304. The lowest BCUT2D eigenvalue weighted by molar-refractivity contribution is -0.0511. The van der Waals surface area contributed by atoms with E-state index in [-0.39, 0.29) is 11.2 Å². The van der Waals surface area contributed by atoms with Crippen LogP contribution in [0.1, 0.15) is 27.7 Å². The van der Waals surface area contributed by atoms with Crippen molar-refractivity contribution in [2.45, 2.75) is 44.4 Å². The monoisotopic (exact) mass is 276 g/mol. The number of ether oxygens (including phenoxy) is 1. The van der Waals surface area contributed by atoms with E-state index in [2.05, 4.69) is 39.8 Å². The van der Waals surface area contributed by atoms with Crippen LogP contribution in [-0.2, 0) is 14.9 Å². The molecule has 17 heavy (non-hydrogen) atoms. The third kappa shape index (κ3) is 6.04. The predicted octanol–water partition coefficient (Wildman–Crippen LogP) is 2.52. The van der Waals surface area contributed by atoms with Gasteiger partial charge in [-0.15, -0.1) is 0 Å². The molecule has 0 fully saturated rings. The summed E-state index contributed by atoms with van der Waals surface area (Å²) in [5, 5.41) is 0. The van der Waals surface area contributed by atoms with Crippen LogP contribution in [0, 0.1) is 0 Å². The van der Waals surface area contributed by atoms with Gasteiger partial charge >= 0.3 is 15.6 Å². The molecule has 1 aliphatic heterocycles. The van der Waals surface area contributed by atoms with Crippen molar-refractivity contribution < 1.29 is 30.9 Å². The van der Waals surface area contributed by atoms with Crippen molar-refractivity contribution in [3.8, 4) is 0 Å². The highest BCUT2D eigenvalue weighted by atomic mass is 32.2. The van der Waals surface area contributed by atoms with Crippen LogP contribution in [0.3, 0.4) is 0 Å². The van der Waals surface area contributed by atoms with Crippen LogP contribution in [0.2, 0.25) is 0 Å². The van der Waals surface area contributed by atoms with Gasteiger partial charge in [-0.25, -0.2) is 0 Å². The zero-order chi connectivity index (χ0) is 14.1. The number of hydrogen-bond donors (Lipinski definition) is 1. The molecule has 0 amide bonds. The molecule has 0 unspecified atom stereocenters. The Morgan fingerprint density at radius 1 is 1.06 bits per heavy atom. The minimum Gasteiger partial charge on any atom is -0.362 e. The lowest BCUT2D eigenvalue weighted by Crippen LogP contribution is -2.26. The highest BCUT2D eigenvalue weighted by Gasteiger charge is 2.44. The molecule has 0 saturated carbocycles. The average Bonchev–Trinajstić information content (AvgIpc) is 2.20. The molecular formula is C9H15F3O4S. The van der Waals surface area contributed by atoms with Gasteiger partial charge < -0.3 is 4.74 Å². The quantitative estimate of drug-likeness (QED) is 0.419. The molecule has 1 rings (SSSR count). The van der Waals surface area contributed by atoms with Crippen molar-refractivity contribution in [3.63, 3.8) is 0 Å². The van der Waals surface area contributed by atoms with Crippen molar-refractivity contribution in [1.29, 1.82) is 0 Å². The van der Waals surface area contributed by atoms with Crippen LogP contribution in [0.4, 0.5) is 13.2 Å². The van der Waals surface area contributed by atoms with Gasteiger partial charge in [0.05, 0.1) is 11.2 Å². The maximum Gasteiger partial charge on any atom is 0.522 e. The van der Waals surface area contributed by atoms with Crippen LogP contribution in [0.25, 0.3) is 0 Å². The molecule has 0 aromatic carbocycles. The molecule has 1 N–H and O–H groups in total. The highest BCUT2D eigenvalue weighted by molar-refractivity contribution is 7.86. The Bertz CT molecular complexity index is 377. The highest BCUT2D eigenvalue weighted by Crippen LogP contribution is 2.29. The topological polar surface area (TPSA) is 63.6 Å². The summed E-state index contributed by atoms with van der Waals surface area (Å²) < 4.78 is 63.2. The van der Waals surface area contributed by atoms with Crippen LogP contribution >= 0.6 is 0 Å². The summed E-state index contributed by atoms with van der Waals surface area (Å²) in [6, 6.07) is 0. The zero-order valence-corrected chi connectivity index (χ0v) is 10.7. The van der Waals surface area contributed by atoms with E-state index in [1.807, 2.05) is 0 Å². The molecule has 0 aliphatic carbocycles. The van der Waals surface area contributed by atoms with E-state index in [1.54, 1.807) is 0 Å². The molecule has 0 atom stereocenters. The molecule has 4 nitrogen and oxygen atoms in total. The van der Waals surface area contributed by atoms with E-state index in [0.717, 1.165) is 0 Å². The Labute approximate surface area is 98.2 Å². The van der Waals surface area contributed by atoms with Crippen LogP contribution in [0.5, 0.6) is 0 Å². The normalized spacial score (nSPS) is 21.9.